The number of hydrogen-bond acceptors (Lipinski definition) is 10. The van der Waals surface area contributed by atoms with E-state index in [-0.39, 0.29) is 28.5 Å². The number of carbonyl (C=O) groups is 1. The average molecular weight is 789 g/mol. The number of nitro groups is 1. The molecule has 0 unspecified atom stereocenters. The Morgan fingerprint density at radius 1 is 0.825 bits per heavy atom. The molecule has 0 bridgehead atoms. The van der Waals surface area contributed by atoms with Gasteiger partial charge in [0.25, 0.3) is 5.91 Å². The third kappa shape index (κ3) is 10.9. The summed E-state index contributed by atoms with van der Waals surface area (Å²) >= 11 is 1.34. The molecule has 13 heteroatoms. The first-order valence-corrected chi connectivity index (χ1v) is 20.5. The van der Waals surface area contributed by atoms with Crippen molar-refractivity contribution in [3.05, 3.63) is 124 Å². The summed E-state index contributed by atoms with van der Waals surface area (Å²) in [6.45, 7) is 4.68. The predicted octanol–water partition coefficient (Wildman–Crippen LogP) is 11.4. The Labute approximate surface area is 336 Å². The van der Waals surface area contributed by atoms with Crippen molar-refractivity contribution in [1.29, 1.82) is 0 Å². The number of phenolic OH excluding ortho intramolecular Hbond substituents is 1. The number of thioether (sulfide) groups is 1. The number of para-hydroxylation sites is 1. The Kier molecular flexibility index (Phi) is 14.5. The van der Waals surface area contributed by atoms with Crippen molar-refractivity contribution in [2.75, 3.05) is 11.9 Å². The van der Waals surface area contributed by atoms with E-state index < -0.39 is 10.8 Å². The SMILES string of the molecule is CCCCCCCCCCCCOc1ccc(C)cc1NC(=O)c1cc(Oc2ccc(CSc3nnnn3-c3ccccc3)cc2[N+](=O)[O-])c2ccccc2c1O. The van der Waals surface area contributed by atoms with Crippen molar-refractivity contribution in [3.8, 4) is 28.7 Å². The number of ether oxygens (including phenoxy) is 2. The first-order chi connectivity index (χ1) is 27.8. The van der Waals surface area contributed by atoms with E-state index in [2.05, 4.69) is 27.8 Å². The molecule has 2 N–H and O–H groups in total. The van der Waals surface area contributed by atoms with Crippen LogP contribution in [0.15, 0.2) is 102 Å². The average Bonchev–Trinajstić information content (AvgIpc) is 3.70. The summed E-state index contributed by atoms with van der Waals surface area (Å²) in [5.41, 5.74) is 2.53. The molecule has 57 heavy (non-hydrogen) atoms. The van der Waals surface area contributed by atoms with Gasteiger partial charge in [-0.15, -0.1) is 5.10 Å². The van der Waals surface area contributed by atoms with Crippen molar-refractivity contribution in [3.63, 3.8) is 0 Å². The molecule has 0 saturated heterocycles. The van der Waals surface area contributed by atoms with Gasteiger partial charge >= 0.3 is 5.69 Å². The summed E-state index contributed by atoms with van der Waals surface area (Å²) in [4.78, 5) is 25.7. The fourth-order valence-electron chi connectivity index (χ4n) is 6.56. The minimum absolute atomic E-state index is 0.0218. The molecule has 0 spiro atoms. The third-order valence-electron chi connectivity index (χ3n) is 9.61. The number of rotatable bonds is 21. The Morgan fingerprint density at radius 3 is 2.25 bits per heavy atom. The smallest absolute Gasteiger partial charge is 0.311 e. The lowest BCUT2D eigenvalue weighted by Crippen LogP contribution is -2.14. The van der Waals surface area contributed by atoms with Gasteiger partial charge in [-0.1, -0.05) is 131 Å². The van der Waals surface area contributed by atoms with Crippen molar-refractivity contribution >= 4 is 39.8 Å². The molecule has 1 heterocycles. The van der Waals surface area contributed by atoms with Gasteiger partial charge in [-0.2, -0.15) is 4.68 Å². The maximum atomic E-state index is 13.9. The van der Waals surface area contributed by atoms with Gasteiger partial charge in [-0.3, -0.25) is 14.9 Å². The first-order valence-electron chi connectivity index (χ1n) is 19.5. The second-order valence-corrected chi connectivity index (χ2v) is 14.9. The molecule has 12 nitrogen and oxygen atoms in total. The van der Waals surface area contributed by atoms with Gasteiger partial charge < -0.3 is 19.9 Å². The summed E-state index contributed by atoms with van der Waals surface area (Å²) in [5.74, 6) is 0.207. The fourth-order valence-corrected chi connectivity index (χ4v) is 7.39. The number of anilines is 1. The maximum Gasteiger partial charge on any atom is 0.311 e. The number of aromatic hydroxyl groups is 1. The number of amides is 1. The highest BCUT2D eigenvalue weighted by Crippen LogP contribution is 2.41. The molecule has 0 radical (unpaired) electrons. The van der Waals surface area contributed by atoms with Crippen LogP contribution in [0.1, 0.15) is 92.6 Å². The summed E-state index contributed by atoms with van der Waals surface area (Å²) in [5, 5.41) is 40.0. The molecule has 296 valence electrons. The van der Waals surface area contributed by atoms with Crippen LogP contribution in [0, 0.1) is 17.0 Å². The molecule has 5 aromatic carbocycles. The van der Waals surface area contributed by atoms with Gasteiger partial charge in [0, 0.05) is 22.6 Å². The number of nitrogens with one attached hydrogen (secondary N) is 1. The number of nitrogens with zero attached hydrogens (tertiary/aromatic N) is 5. The van der Waals surface area contributed by atoms with Crippen LogP contribution in [0.4, 0.5) is 11.4 Å². The number of carbonyl (C=O) groups excluding carboxylic acids is 1. The second kappa shape index (κ2) is 20.3. The lowest BCUT2D eigenvalue weighted by molar-refractivity contribution is -0.385. The fraction of sp³-hybridized carbons (Fsp3) is 0.318. The highest BCUT2D eigenvalue weighted by atomic mass is 32.2. The van der Waals surface area contributed by atoms with Crippen LogP contribution < -0.4 is 14.8 Å². The van der Waals surface area contributed by atoms with Gasteiger partial charge in [0.15, 0.2) is 0 Å². The van der Waals surface area contributed by atoms with Crippen molar-refractivity contribution in [1.82, 2.24) is 20.2 Å². The molecule has 6 rings (SSSR count). The molecular weight excluding hydrogens is 741 g/mol. The van der Waals surface area contributed by atoms with E-state index in [1.54, 1.807) is 35.0 Å². The lowest BCUT2D eigenvalue weighted by Gasteiger charge is -2.16. The standard InChI is InChI=1S/C44H48N6O6S/c1-3-4-5-6-7-8-9-10-11-17-26-55-39-24-22-31(2)27-37(39)45-43(52)36-29-41(34-20-15-16-21-35(34)42(36)51)56-40-25-23-32(28-38(40)50(53)54)30-57-44-46-47-48-49(44)33-18-13-12-14-19-33/h12-16,18-25,27-29,51H,3-11,17,26,30H2,1-2H3,(H,45,52). The Balaban J connectivity index is 1.15. The predicted molar refractivity (Wildman–Crippen MR) is 224 cm³/mol. The number of phenols is 1. The topological polar surface area (TPSA) is 155 Å². The number of fused-ring (bicyclic) bond motifs is 1. The van der Waals surface area contributed by atoms with E-state index in [0.717, 1.165) is 24.1 Å². The lowest BCUT2D eigenvalue weighted by atomic mass is 10.0. The number of aryl methyl sites for hydroxylation is 1. The zero-order valence-electron chi connectivity index (χ0n) is 32.4. The van der Waals surface area contributed by atoms with Gasteiger partial charge in [0.1, 0.15) is 17.2 Å². The van der Waals surface area contributed by atoms with Gasteiger partial charge in [0.05, 0.1) is 28.5 Å². The highest BCUT2D eigenvalue weighted by molar-refractivity contribution is 7.98. The van der Waals surface area contributed by atoms with Crippen LogP contribution in [0.5, 0.6) is 23.0 Å². The largest absolute Gasteiger partial charge is 0.506 e. The summed E-state index contributed by atoms with van der Waals surface area (Å²) < 4.78 is 14.0. The summed E-state index contributed by atoms with van der Waals surface area (Å²) in [6.07, 6.45) is 12.2. The summed E-state index contributed by atoms with van der Waals surface area (Å²) in [7, 11) is 0. The third-order valence-corrected chi connectivity index (χ3v) is 10.6. The zero-order chi connectivity index (χ0) is 40.0. The number of benzene rings is 5. The molecular formula is C44H48N6O6S. The van der Waals surface area contributed by atoms with E-state index in [1.807, 2.05) is 55.5 Å². The zero-order valence-corrected chi connectivity index (χ0v) is 33.2. The Bertz CT molecular complexity index is 2280. The van der Waals surface area contributed by atoms with E-state index in [9.17, 15) is 20.0 Å². The normalized spacial score (nSPS) is 11.1. The van der Waals surface area contributed by atoms with Crippen molar-refractivity contribution in [2.24, 2.45) is 0 Å². The van der Waals surface area contributed by atoms with Crippen LogP contribution in [-0.4, -0.2) is 42.8 Å². The molecule has 0 saturated carbocycles. The van der Waals surface area contributed by atoms with Gasteiger partial charge in [-0.25, -0.2) is 0 Å². The van der Waals surface area contributed by atoms with Crippen LogP contribution in [-0.2, 0) is 5.75 Å². The van der Waals surface area contributed by atoms with Crippen LogP contribution in [0.3, 0.4) is 0 Å². The Morgan fingerprint density at radius 2 is 1.51 bits per heavy atom. The minimum atomic E-state index is -0.586. The molecule has 1 aromatic heterocycles. The molecule has 0 atom stereocenters. The number of hydrogen-bond donors (Lipinski definition) is 2. The summed E-state index contributed by atoms with van der Waals surface area (Å²) in [6, 6.07) is 28.0. The van der Waals surface area contributed by atoms with Crippen molar-refractivity contribution in [2.45, 2.75) is 89.0 Å². The number of aromatic nitrogens is 4. The van der Waals surface area contributed by atoms with Crippen LogP contribution in [0.25, 0.3) is 16.5 Å². The molecule has 0 aliphatic carbocycles. The van der Waals surface area contributed by atoms with Gasteiger partial charge in [-0.05, 0) is 71.3 Å². The number of unbranched alkanes of at least 4 members (excludes halogenated alkanes) is 9. The minimum Gasteiger partial charge on any atom is -0.506 e. The maximum absolute atomic E-state index is 13.9. The van der Waals surface area contributed by atoms with Gasteiger partial charge in [0.2, 0.25) is 10.9 Å². The molecule has 0 aliphatic rings. The molecule has 1 amide bonds. The number of nitro benzene ring substituents is 1. The van der Waals surface area contributed by atoms with E-state index >= 15 is 0 Å². The molecule has 6 aromatic rings. The molecule has 0 aliphatic heterocycles. The van der Waals surface area contributed by atoms with E-state index in [1.165, 1.54) is 81.3 Å². The first kappa shape index (κ1) is 40.7. The molecule has 0 fully saturated rings. The van der Waals surface area contributed by atoms with Crippen molar-refractivity contribution < 1.29 is 24.3 Å². The quantitative estimate of drug-likeness (QED) is 0.0311. The highest BCUT2D eigenvalue weighted by Gasteiger charge is 2.23. The van der Waals surface area contributed by atoms with E-state index in [0.29, 0.717) is 45.3 Å². The van der Waals surface area contributed by atoms with Crippen LogP contribution >= 0.6 is 11.8 Å². The van der Waals surface area contributed by atoms with Crippen LogP contribution in [0.2, 0.25) is 0 Å². The van der Waals surface area contributed by atoms with E-state index in [4.69, 9.17) is 9.47 Å². The number of tetrazole rings is 1. The monoisotopic (exact) mass is 788 g/mol. The Hall–Kier alpha value is -5.95. The second-order valence-electron chi connectivity index (χ2n) is 14.0.